The number of amides is 1. The maximum absolute atomic E-state index is 11.8. The number of carboxylic acids is 1. The molecule has 2 aromatic carbocycles. The van der Waals surface area contributed by atoms with Gasteiger partial charge in [-0.3, -0.25) is 4.79 Å². The van der Waals surface area contributed by atoms with E-state index in [0.29, 0.717) is 5.69 Å². The number of hydrogen-bond acceptors (Lipinski definition) is 3. The number of carbonyl (C=O) groups is 2. The van der Waals surface area contributed by atoms with Crippen LogP contribution in [0.15, 0.2) is 48.5 Å². The molecule has 0 bridgehead atoms. The Labute approximate surface area is 135 Å². The average Bonchev–Trinajstić information content (AvgIpc) is 2.45. The summed E-state index contributed by atoms with van der Waals surface area (Å²) in [4.78, 5) is 22.8. The molecule has 0 radical (unpaired) electrons. The van der Waals surface area contributed by atoms with Crippen LogP contribution in [0.1, 0.15) is 10.4 Å². The highest BCUT2D eigenvalue weighted by Gasteiger charge is 2.11. The largest absolute Gasteiger partial charge is 0.483 e. The summed E-state index contributed by atoms with van der Waals surface area (Å²) in [5, 5.41) is 11.7. The molecule has 2 aromatic rings. The molecule has 2 N–H and O–H groups in total. The fourth-order valence-electron chi connectivity index (χ4n) is 1.68. The summed E-state index contributed by atoms with van der Waals surface area (Å²) in [5.74, 6) is -1.27. The molecule has 0 aliphatic heterocycles. The van der Waals surface area contributed by atoms with Crippen LogP contribution in [0, 0.1) is 3.57 Å². The van der Waals surface area contributed by atoms with Gasteiger partial charge < -0.3 is 15.2 Å². The minimum Gasteiger partial charge on any atom is -0.483 e. The third kappa shape index (κ3) is 4.45. The standard InChI is InChI=1S/C15H12INO4/c16-10-4-3-5-11(8-10)17-14(18)9-21-13-7-2-1-6-12(13)15(19)20/h1-8H,9H2,(H,17,18)(H,19,20). The highest BCUT2D eigenvalue weighted by Crippen LogP contribution is 2.18. The highest BCUT2D eigenvalue weighted by atomic mass is 127. The number of carboxylic acid groups (broad SMARTS) is 1. The van der Waals surface area contributed by atoms with Gasteiger partial charge in [-0.1, -0.05) is 18.2 Å². The van der Waals surface area contributed by atoms with E-state index in [9.17, 15) is 9.59 Å². The summed E-state index contributed by atoms with van der Waals surface area (Å²) in [6.07, 6.45) is 0. The molecule has 0 heterocycles. The van der Waals surface area contributed by atoms with Crippen LogP contribution in [0.2, 0.25) is 0 Å². The van der Waals surface area contributed by atoms with E-state index in [1.165, 1.54) is 12.1 Å². The molecule has 2 rings (SSSR count). The Hall–Kier alpha value is -2.09. The van der Waals surface area contributed by atoms with Crippen molar-refractivity contribution >= 4 is 40.2 Å². The summed E-state index contributed by atoms with van der Waals surface area (Å²) in [6.45, 7) is -0.254. The van der Waals surface area contributed by atoms with Crippen molar-refractivity contribution in [2.24, 2.45) is 0 Å². The molecule has 0 aliphatic rings. The quantitative estimate of drug-likeness (QED) is 0.761. The summed E-state index contributed by atoms with van der Waals surface area (Å²) >= 11 is 2.15. The number of anilines is 1. The van der Waals surface area contributed by atoms with Crippen molar-refractivity contribution in [3.63, 3.8) is 0 Å². The number of para-hydroxylation sites is 1. The third-order valence-corrected chi connectivity index (χ3v) is 3.26. The lowest BCUT2D eigenvalue weighted by atomic mass is 10.2. The van der Waals surface area contributed by atoms with Gasteiger partial charge in [0.15, 0.2) is 6.61 Å². The zero-order valence-corrected chi connectivity index (χ0v) is 13.0. The van der Waals surface area contributed by atoms with E-state index in [-0.39, 0.29) is 23.8 Å². The molecule has 1 amide bonds. The van der Waals surface area contributed by atoms with Crippen molar-refractivity contribution in [2.75, 3.05) is 11.9 Å². The van der Waals surface area contributed by atoms with Crippen LogP contribution < -0.4 is 10.1 Å². The molecule has 0 atom stereocenters. The normalized spacial score (nSPS) is 9.95. The summed E-state index contributed by atoms with van der Waals surface area (Å²) in [5.41, 5.74) is 0.696. The van der Waals surface area contributed by atoms with Crippen molar-refractivity contribution in [1.82, 2.24) is 0 Å². The first kappa shape index (κ1) is 15.3. The van der Waals surface area contributed by atoms with Crippen molar-refractivity contribution in [3.05, 3.63) is 57.7 Å². The van der Waals surface area contributed by atoms with Crippen molar-refractivity contribution in [3.8, 4) is 5.75 Å². The van der Waals surface area contributed by atoms with Crippen LogP contribution in [0.4, 0.5) is 5.69 Å². The van der Waals surface area contributed by atoms with Gasteiger partial charge in [-0.25, -0.2) is 4.79 Å². The first-order valence-electron chi connectivity index (χ1n) is 6.07. The van der Waals surface area contributed by atoms with Crippen molar-refractivity contribution in [1.29, 1.82) is 0 Å². The van der Waals surface area contributed by atoms with Crippen LogP contribution in [0.5, 0.6) is 5.75 Å². The maximum Gasteiger partial charge on any atom is 0.339 e. The number of benzene rings is 2. The first-order chi connectivity index (χ1) is 10.1. The minimum atomic E-state index is -1.09. The Bertz CT molecular complexity index is 672. The minimum absolute atomic E-state index is 0.0274. The lowest BCUT2D eigenvalue weighted by Crippen LogP contribution is -2.20. The van der Waals surface area contributed by atoms with Gasteiger partial charge in [0.25, 0.3) is 5.91 Å². The monoisotopic (exact) mass is 397 g/mol. The molecule has 0 unspecified atom stereocenters. The second-order valence-corrected chi connectivity index (χ2v) is 5.39. The Morgan fingerprint density at radius 1 is 1.14 bits per heavy atom. The molecule has 0 aromatic heterocycles. The zero-order valence-electron chi connectivity index (χ0n) is 10.9. The van der Waals surface area contributed by atoms with Gasteiger partial charge in [-0.2, -0.15) is 0 Å². The SMILES string of the molecule is O=C(COc1ccccc1C(=O)O)Nc1cccc(I)c1. The fraction of sp³-hybridized carbons (Fsp3) is 0.0667. The lowest BCUT2D eigenvalue weighted by Gasteiger charge is -2.09. The fourth-order valence-corrected chi connectivity index (χ4v) is 2.22. The molecule has 5 nitrogen and oxygen atoms in total. The number of nitrogens with one attached hydrogen (secondary N) is 1. The van der Waals surface area contributed by atoms with Gasteiger partial charge in [0.2, 0.25) is 0 Å². The van der Waals surface area contributed by atoms with Crippen molar-refractivity contribution in [2.45, 2.75) is 0 Å². The number of carbonyl (C=O) groups excluding carboxylic acids is 1. The molecule has 0 saturated heterocycles. The zero-order chi connectivity index (χ0) is 15.2. The number of halogens is 1. The number of rotatable bonds is 5. The summed E-state index contributed by atoms with van der Waals surface area (Å²) in [6, 6.07) is 13.5. The molecule has 0 spiro atoms. The summed E-state index contributed by atoms with van der Waals surface area (Å²) in [7, 11) is 0. The molecule has 0 aliphatic carbocycles. The van der Waals surface area contributed by atoms with Crippen LogP contribution in [0.25, 0.3) is 0 Å². The van der Waals surface area contributed by atoms with Crippen LogP contribution in [-0.2, 0) is 4.79 Å². The third-order valence-electron chi connectivity index (χ3n) is 2.58. The maximum atomic E-state index is 11.8. The van der Waals surface area contributed by atoms with Crippen molar-refractivity contribution < 1.29 is 19.4 Å². The molecular weight excluding hydrogens is 385 g/mol. The van der Waals surface area contributed by atoms with Crippen LogP contribution in [0.3, 0.4) is 0 Å². The molecule has 0 fully saturated rings. The number of ether oxygens (including phenoxy) is 1. The topological polar surface area (TPSA) is 75.6 Å². The molecular formula is C15H12INO4. The Kier molecular flexibility index (Phi) is 5.15. The summed E-state index contributed by atoms with van der Waals surface area (Å²) < 4.78 is 6.27. The van der Waals surface area contributed by atoms with Gasteiger partial charge in [0, 0.05) is 9.26 Å². The Morgan fingerprint density at radius 3 is 2.62 bits per heavy atom. The van der Waals surface area contributed by atoms with E-state index in [0.717, 1.165) is 3.57 Å². The second-order valence-electron chi connectivity index (χ2n) is 4.15. The van der Waals surface area contributed by atoms with Gasteiger partial charge >= 0.3 is 5.97 Å². The predicted octanol–water partition coefficient (Wildman–Crippen LogP) is 3.01. The van der Waals surface area contributed by atoms with Gasteiger partial charge in [0.1, 0.15) is 11.3 Å². The van der Waals surface area contributed by atoms with E-state index >= 15 is 0 Å². The second kappa shape index (κ2) is 7.07. The lowest BCUT2D eigenvalue weighted by molar-refractivity contribution is -0.118. The molecule has 21 heavy (non-hydrogen) atoms. The Morgan fingerprint density at radius 2 is 1.90 bits per heavy atom. The predicted molar refractivity (Wildman–Crippen MR) is 86.7 cm³/mol. The van der Waals surface area contributed by atoms with E-state index in [4.69, 9.17) is 9.84 Å². The van der Waals surface area contributed by atoms with E-state index in [2.05, 4.69) is 27.9 Å². The van der Waals surface area contributed by atoms with Crippen LogP contribution >= 0.6 is 22.6 Å². The van der Waals surface area contributed by atoms with Crippen LogP contribution in [-0.4, -0.2) is 23.6 Å². The Balaban J connectivity index is 1.97. The van der Waals surface area contributed by atoms with E-state index in [1.807, 2.05) is 18.2 Å². The van der Waals surface area contributed by atoms with E-state index in [1.54, 1.807) is 18.2 Å². The van der Waals surface area contributed by atoms with Gasteiger partial charge in [-0.05, 0) is 52.9 Å². The average molecular weight is 397 g/mol. The number of aromatic carboxylic acids is 1. The highest BCUT2D eigenvalue weighted by molar-refractivity contribution is 14.1. The van der Waals surface area contributed by atoms with E-state index < -0.39 is 5.97 Å². The molecule has 0 saturated carbocycles. The number of hydrogen-bond donors (Lipinski definition) is 2. The van der Waals surface area contributed by atoms with Gasteiger partial charge in [0.05, 0.1) is 0 Å². The molecule has 6 heteroatoms. The van der Waals surface area contributed by atoms with Gasteiger partial charge in [-0.15, -0.1) is 0 Å². The molecule has 108 valence electrons. The first-order valence-corrected chi connectivity index (χ1v) is 7.14. The smallest absolute Gasteiger partial charge is 0.339 e.